The number of aryl methyl sites for hydroxylation is 1. The van der Waals surface area contributed by atoms with Crippen molar-refractivity contribution in [2.75, 3.05) is 36.8 Å². The summed E-state index contributed by atoms with van der Waals surface area (Å²) in [6.45, 7) is 3.34. The maximum atomic E-state index is 13.2. The number of hydrogen-bond acceptors (Lipinski definition) is 6. The second kappa shape index (κ2) is 9.82. The smallest absolute Gasteiger partial charge is 0.368 e. The number of anilines is 1. The monoisotopic (exact) mass is 476 g/mol. The van der Waals surface area contributed by atoms with Crippen LogP contribution >= 0.6 is 11.8 Å². The SMILES string of the molecule is Cc1cccc(N2CCN(C(=O)CSc3nnc(-c4ccncc4)n3CC(F)(F)F)CC2)c1. The third-order valence-corrected chi connectivity index (χ3v) is 6.27. The summed E-state index contributed by atoms with van der Waals surface area (Å²) in [6, 6.07) is 11.4. The van der Waals surface area contributed by atoms with Gasteiger partial charge in [-0.2, -0.15) is 13.2 Å². The maximum Gasteiger partial charge on any atom is 0.406 e. The van der Waals surface area contributed by atoms with Gasteiger partial charge in [-0.15, -0.1) is 10.2 Å². The Morgan fingerprint density at radius 2 is 1.79 bits per heavy atom. The van der Waals surface area contributed by atoms with Gasteiger partial charge in [-0.05, 0) is 36.8 Å². The average molecular weight is 477 g/mol. The third kappa shape index (κ3) is 5.84. The Bertz CT molecular complexity index is 1100. The summed E-state index contributed by atoms with van der Waals surface area (Å²) in [6.07, 6.45) is -1.49. The molecule has 3 heterocycles. The zero-order chi connectivity index (χ0) is 23.4. The van der Waals surface area contributed by atoms with Crippen molar-refractivity contribution in [1.82, 2.24) is 24.6 Å². The Morgan fingerprint density at radius 1 is 1.06 bits per heavy atom. The Labute approximate surface area is 193 Å². The molecule has 3 aromatic rings. The number of benzene rings is 1. The van der Waals surface area contributed by atoms with Gasteiger partial charge in [0.25, 0.3) is 0 Å². The van der Waals surface area contributed by atoms with Crippen LogP contribution in [0.25, 0.3) is 11.4 Å². The molecule has 4 rings (SSSR count). The summed E-state index contributed by atoms with van der Waals surface area (Å²) in [5, 5.41) is 7.94. The summed E-state index contributed by atoms with van der Waals surface area (Å²) in [4.78, 5) is 20.6. The van der Waals surface area contributed by atoms with Crippen molar-refractivity contribution < 1.29 is 18.0 Å². The third-order valence-electron chi connectivity index (χ3n) is 5.32. The number of hydrogen-bond donors (Lipinski definition) is 0. The molecule has 0 saturated carbocycles. The molecule has 33 heavy (non-hydrogen) atoms. The molecule has 0 aliphatic carbocycles. The minimum Gasteiger partial charge on any atom is -0.368 e. The molecular weight excluding hydrogens is 453 g/mol. The van der Waals surface area contributed by atoms with Gasteiger partial charge in [0, 0.05) is 49.8 Å². The van der Waals surface area contributed by atoms with E-state index in [1.807, 2.05) is 25.1 Å². The van der Waals surface area contributed by atoms with Crippen molar-refractivity contribution in [3.05, 3.63) is 54.4 Å². The number of alkyl halides is 3. The van der Waals surface area contributed by atoms with Gasteiger partial charge >= 0.3 is 6.18 Å². The highest BCUT2D eigenvalue weighted by Crippen LogP contribution is 2.28. The Morgan fingerprint density at radius 3 is 2.45 bits per heavy atom. The van der Waals surface area contributed by atoms with Crippen LogP contribution in [0.3, 0.4) is 0 Å². The van der Waals surface area contributed by atoms with Gasteiger partial charge in [0.05, 0.1) is 5.75 Å². The molecule has 1 aromatic carbocycles. The van der Waals surface area contributed by atoms with Gasteiger partial charge in [-0.3, -0.25) is 14.3 Å². The van der Waals surface area contributed by atoms with Gasteiger partial charge in [0.2, 0.25) is 5.91 Å². The van der Waals surface area contributed by atoms with Crippen LogP contribution in [0.15, 0.2) is 53.9 Å². The van der Waals surface area contributed by atoms with Gasteiger partial charge < -0.3 is 9.80 Å². The van der Waals surface area contributed by atoms with E-state index in [-0.39, 0.29) is 22.6 Å². The molecule has 1 amide bonds. The number of piperazine rings is 1. The summed E-state index contributed by atoms with van der Waals surface area (Å²) in [5.74, 6) is -0.0381. The van der Waals surface area contributed by atoms with E-state index in [4.69, 9.17) is 0 Å². The number of carbonyl (C=O) groups excluding carboxylic acids is 1. The van der Waals surface area contributed by atoms with Crippen molar-refractivity contribution in [3.8, 4) is 11.4 Å². The molecular formula is C22H23F3N6OS. The number of rotatable bonds is 6. The zero-order valence-corrected chi connectivity index (χ0v) is 18.8. The highest BCUT2D eigenvalue weighted by molar-refractivity contribution is 7.99. The first-order valence-corrected chi connectivity index (χ1v) is 11.4. The first-order chi connectivity index (χ1) is 15.8. The molecule has 0 bridgehead atoms. The fourth-order valence-corrected chi connectivity index (χ4v) is 4.53. The van der Waals surface area contributed by atoms with E-state index in [2.05, 4.69) is 26.1 Å². The van der Waals surface area contributed by atoms with Gasteiger partial charge in [-0.25, -0.2) is 0 Å². The predicted octanol–water partition coefficient (Wildman–Crippen LogP) is 3.65. The van der Waals surface area contributed by atoms with Crippen LogP contribution in [0.2, 0.25) is 0 Å². The molecule has 2 aromatic heterocycles. The Balaban J connectivity index is 1.40. The lowest BCUT2D eigenvalue weighted by Gasteiger charge is -2.36. The van der Waals surface area contributed by atoms with E-state index in [1.165, 1.54) is 18.0 Å². The van der Waals surface area contributed by atoms with Crippen molar-refractivity contribution in [2.45, 2.75) is 24.8 Å². The number of nitrogens with zero attached hydrogens (tertiary/aromatic N) is 6. The van der Waals surface area contributed by atoms with Gasteiger partial charge in [0.15, 0.2) is 11.0 Å². The van der Waals surface area contributed by atoms with Gasteiger partial charge in [-0.1, -0.05) is 23.9 Å². The molecule has 0 atom stereocenters. The molecule has 1 aliphatic heterocycles. The van der Waals surface area contributed by atoms with E-state index >= 15 is 0 Å². The van der Waals surface area contributed by atoms with E-state index in [9.17, 15) is 18.0 Å². The van der Waals surface area contributed by atoms with E-state index in [0.29, 0.717) is 31.7 Å². The zero-order valence-electron chi connectivity index (χ0n) is 18.0. The van der Waals surface area contributed by atoms with Crippen molar-refractivity contribution in [1.29, 1.82) is 0 Å². The van der Waals surface area contributed by atoms with Crippen molar-refractivity contribution in [2.24, 2.45) is 0 Å². The maximum absolute atomic E-state index is 13.2. The minimum atomic E-state index is -4.45. The number of halogens is 3. The summed E-state index contributed by atoms with van der Waals surface area (Å²) in [5.41, 5.74) is 2.78. The number of thioether (sulfide) groups is 1. The molecule has 0 spiro atoms. The molecule has 0 unspecified atom stereocenters. The highest BCUT2D eigenvalue weighted by Gasteiger charge is 2.32. The van der Waals surface area contributed by atoms with Crippen LogP contribution in [0.4, 0.5) is 18.9 Å². The topological polar surface area (TPSA) is 67.2 Å². The van der Waals surface area contributed by atoms with Crippen LogP contribution in [0, 0.1) is 6.92 Å². The standard InChI is InChI=1S/C22H23F3N6OS/c1-16-3-2-4-18(13-16)29-9-11-30(12-10-29)19(32)14-33-21-28-27-20(17-5-7-26-8-6-17)31(21)15-22(23,24)25/h2-8,13H,9-12,14-15H2,1H3. The first kappa shape index (κ1) is 23.1. The van der Waals surface area contributed by atoms with Crippen LogP contribution in [0.1, 0.15) is 5.56 Å². The van der Waals surface area contributed by atoms with E-state index < -0.39 is 12.7 Å². The number of carbonyl (C=O) groups is 1. The Kier molecular flexibility index (Phi) is 6.87. The fraction of sp³-hybridized carbons (Fsp3) is 0.364. The van der Waals surface area contributed by atoms with Crippen LogP contribution in [-0.2, 0) is 11.3 Å². The fourth-order valence-electron chi connectivity index (χ4n) is 3.69. The summed E-state index contributed by atoms with van der Waals surface area (Å²) < 4.78 is 40.6. The van der Waals surface area contributed by atoms with Crippen LogP contribution in [0.5, 0.6) is 0 Å². The van der Waals surface area contributed by atoms with Crippen molar-refractivity contribution in [3.63, 3.8) is 0 Å². The lowest BCUT2D eigenvalue weighted by atomic mass is 10.2. The number of amides is 1. The minimum absolute atomic E-state index is 0.00319. The molecule has 7 nitrogen and oxygen atoms in total. The molecule has 11 heteroatoms. The normalized spacial score (nSPS) is 14.5. The second-order valence-electron chi connectivity index (χ2n) is 7.74. The lowest BCUT2D eigenvalue weighted by molar-refractivity contribution is -0.141. The predicted molar refractivity (Wildman–Crippen MR) is 120 cm³/mol. The number of pyridine rings is 1. The van der Waals surface area contributed by atoms with Crippen molar-refractivity contribution >= 4 is 23.4 Å². The summed E-state index contributed by atoms with van der Waals surface area (Å²) >= 11 is 0.973. The highest BCUT2D eigenvalue weighted by atomic mass is 32.2. The summed E-state index contributed by atoms with van der Waals surface area (Å²) in [7, 11) is 0. The van der Waals surface area contributed by atoms with Crippen LogP contribution < -0.4 is 4.90 Å². The number of aromatic nitrogens is 4. The first-order valence-electron chi connectivity index (χ1n) is 10.4. The largest absolute Gasteiger partial charge is 0.406 e. The van der Waals surface area contributed by atoms with Gasteiger partial charge in [0.1, 0.15) is 6.54 Å². The molecule has 0 radical (unpaired) electrons. The molecule has 1 fully saturated rings. The van der Waals surface area contributed by atoms with E-state index in [1.54, 1.807) is 17.0 Å². The second-order valence-corrected chi connectivity index (χ2v) is 8.68. The molecule has 1 aliphatic rings. The quantitative estimate of drug-likeness (QED) is 0.506. The Hall–Kier alpha value is -3.08. The molecule has 174 valence electrons. The average Bonchev–Trinajstić information content (AvgIpc) is 3.19. The van der Waals surface area contributed by atoms with E-state index in [0.717, 1.165) is 22.0 Å². The molecule has 1 saturated heterocycles. The lowest BCUT2D eigenvalue weighted by Crippen LogP contribution is -2.49. The van der Waals surface area contributed by atoms with Crippen LogP contribution in [-0.4, -0.2) is 68.7 Å². The molecule has 0 N–H and O–H groups in total.